The Labute approximate surface area is 90.5 Å². The Morgan fingerprint density at radius 3 is 2.62 bits per heavy atom. The molecule has 0 aliphatic heterocycles. The van der Waals surface area contributed by atoms with Crippen molar-refractivity contribution < 1.29 is 24.9 Å². The number of amides is 1. The van der Waals surface area contributed by atoms with Crippen LogP contribution in [-0.4, -0.2) is 5.91 Å². The summed E-state index contributed by atoms with van der Waals surface area (Å²) in [6.45, 7) is 0. The first-order valence-corrected chi connectivity index (χ1v) is 3.68. The van der Waals surface area contributed by atoms with E-state index in [9.17, 15) is 4.79 Å². The van der Waals surface area contributed by atoms with Crippen LogP contribution in [0.15, 0.2) is 23.8 Å². The summed E-state index contributed by atoms with van der Waals surface area (Å²) in [6.07, 6.45) is 7.15. The first-order chi connectivity index (χ1) is 5.31. The molecule has 5 heteroatoms. The zero-order valence-electron chi connectivity index (χ0n) is 6.91. The Bertz CT molecular complexity index is 262. The number of nitrogens with two attached hydrogens (primary N) is 1. The van der Waals surface area contributed by atoms with Gasteiger partial charge in [-0.3, -0.25) is 4.79 Å². The van der Waals surface area contributed by atoms with Gasteiger partial charge in [0.25, 0.3) is 0 Å². The van der Waals surface area contributed by atoms with Crippen LogP contribution in [0, 0.1) is 11.8 Å². The van der Waals surface area contributed by atoms with E-state index in [-0.39, 0.29) is 38.1 Å². The van der Waals surface area contributed by atoms with E-state index in [4.69, 9.17) is 5.84 Å². The summed E-state index contributed by atoms with van der Waals surface area (Å²) in [7, 11) is 0. The third-order valence-electron chi connectivity index (χ3n) is 2.29. The van der Waals surface area contributed by atoms with Gasteiger partial charge in [0, 0.05) is 31.6 Å². The standard InChI is InChI=1S/C8H9N2O.Ir.H2N/c9-10-8(11)7-4-5-1-2-6(7)3-5;;/h1-2,4-6,9H,3H2,(H,10,11);;1H2/q-1;;-1. The molecule has 1 amide bonds. The van der Waals surface area contributed by atoms with Crippen LogP contribution >= 0.6 is 0 Å². The minimum absolute atomic E-state index is 0. The van der Waals surface area contributed by atoms with E-state index in [1.165, 1.54) is 0 Å². The van der Waals surface area contributed by atoms with Crippen molar-refractivity contribution in [3.63, 3.8) is 0 Å². The molecular weight excluding hydrogens is 346 g/mol. The Morgan fingerprint density at radius 2 is 2.23 bits per heavy atom. The fourth-order valence-electron chi connectivity index (χ4n) is 1.75. The van der Waals surface area contributed by atoms with Gasteiger partial charge in [-0.15, -0.1) is 0 Å². The van der Waals surface area contributed by atoms with Crippen LogP contribution < -0.4 is 5.43 Å². The van der Waals surface area contributed by atoms with Gasteiger partial charge >= 0.3 is 0 Å². The minimum Gasteiger partial charge on any atom is -0.693 e. The van der Waals surface area contributed by atoms with Gasteiger partial charge in [-0.25, -0.2) is 0 Å². The number of fused-ring (bicyclic) bond motifs is 2. The molecule has 2 aliphatic rings. The molecule has 0 spiro atoms. The van der Waals surface area contributed by atoms with Crippen LogP contribution in [0.4, 0.5) is 0 Å². The van der Waals surface area contributed by atoms with Gasteiger partial charge in [-0.05, 0) is 12.3 Å². The first kappa shape index (κ1) is 12.5. The molecule has 75 valence electrons. The Hall–Kier alpha value is -0.481. The van der Waals surface area contributed by atoms with Crippen LogP contribution in [0.1, 0.15) is 6.42 Å². The van der Waals surface area contributed by atoms with E-state index in [1.54, 1.807) is 0 Å². The second-order valence-electron chi connectivity index (χ2n) is 2.97. The maximum atomic E-state index is 11.0. The smallest absolute Gasteiger partial charge is 0.230 e. The molecule has 2 bridgehead atoms. The predicted molar refractivity (Wildman–Crippen MR) is 46.6 cm³/mol. The number of carbonyl (C=O) groups excluding carboxylic acids is 1. The number of allylic oxidation sites excluding steroid dienone is 3. The second kappa shape index (κ2) is 4.67. The van der Waals surface area contributed by atoms with Crippen molar-refractivity contribution >= 4 is 5.91 Å². The molecule has 0 aromatic rings. The molecule has 0 saturated carbocycles. The zero-order chi connectivity index (χ0) is 7.84. The summed E-state index contributed by atoms with van der Waals surface area (Å²) >= 11 is 0. The van der Waals surface area contributed by atoms with E-state index >= 15 is 0 Å². The molecule has 1 radical (unpaired) electrons. The number of rotatable bonds is 1. The summed E-state index contributed by atoms with van der Waals surface area (Å²) in [6, 6.07) is 0. The van der Waals surface area contributed by atoms with Gasteiger partial charge < -0.3 is 17.4 Å². The van der Waals surface area contributed by atoms with Gasteiger partial charge in [0.2, 0.25) is 5.91 Å². The molecule has 2 atom stereocenters. The maximum absolute atomic E-state index is 11.0. The first-order valence-electron chi connectivity index (χ1n) is 3.68. The molecule has 4 N–H and O–H groups in total. The molecule has 2 aliphatic carbocycles. The van der Waals surface area contributed by atoms with E-state index in [2.05, 4.69) is 12.2 Å². The molecule has 0 aromatic heterocycles. The molecular formula is C8H11IrN3O-2. The predicted octanol–water partition coefficient (Wildman–Crippen LogP) is 1.92. The van der Waals surface area contributed by atoms with Crippen molar-refractivity contribution in [1.82, 2.24) is 5.43 Å². The molecule has 0 heterocycles. The van der Waals surface area contributed by atoms with Crippen LogP contribution in [0.25, 0.3) is 12.0 Å². The van der Waals surface area contributed by atoms with Crippen molar-refractivity contribution in [3.8, 4) is 0 Å². The Balaban J connectivity index is 0.000000720. The van der Waals surface area contributed by atoms with E-state index in [0.717, 1.165) is 12.0 Å². The third kappa shape index (κ3) is 2.06. The van der Waals surface area contributed by atoms with Gasteiger partial charge in [0.05, 0.1) is 0 Å². The fraction of sp³-hybridized carbons (Fsp3) is 0.375. The third-order valence-corrected chi connectivity index (χ3v) is 2.29. The molecule has 2 rings (SSSR count). The van der Waals surface area contributed by atoms with Crippen molar-refractivity contribution in [2.75, 3.05) is 0 Å². The van der Waals surface area contributed by atoms with Crippen molar-refractivity contribution in [2.24, 2.45) is 11.8 Å². The molecule has 4 nitrogen and oxygen atoms in total. The molecule has 13 heavy (non-hydrogen) atoms. The van der Waals surface area contributed by atoms with Gasteiger partial charge in [0.15, 0.2) is 0 Å². The van der Waals surface area contributed by atoms with Crippen molar-refractivity contribution in [3.05, 3.63) is 35.8 Å². The summed E-state index contributed by atoms with van der Waals surface area (Å²) in [4.78, 5) is 11.0. The Kier molecular flexibility index (Phi) is 4.50. The second-order valence-corrected chi connectivity index (χ2v) is 2.97. The average Bonchev–Trinajstić information content (AvgIpc) is 2.62. The van der Waals surface area contributed by atoms with E-state index in [1.807, 2.05) is 11.5 Å². The number of hydrogen-bond acceptors (Lipinski definition) is 1. The normalized spacial score (nSPS) is 27.3. The van der Waals surface area contributed by atoms with Crippen molar-refractivity contribution in [2.45, 2.75) is 6.42 Å². The molecule has 0 aromatic carbocycles. The number of nitrogens with one attached hydrogen (secondary N) is 2. The minimum atomic E-state index is -0.248. The fourth-order valence-corrected chi connectivity index (χ4v) is 1.75. The largest absolute Gasteiger partial charge is 0.693 e. The SMILES string of the molecule is [Ir].[NH-]NC(=O)C1=CC2C=CC1C2.[NH2-]. The van der Waals surface area contributed by atoms with Crippen LogP contribution in [0.5, 0.6) is 0 Å². The van der Waals surface area contributed by atoms with Gasteiger partial charge in [0.1, 0.15) is 0 Å². The van der Waals surface area contributed by atoms with Gasteiger partial charge in [-0.2, -0.15) is 0 Å². The number of hydrogen-bond donors (Lipinski definition) is 1. The van der Waals surface area contributed by atoms with Crippen LogP contribution in [0.3, 0.4) is 0 Å². The summed E-state index contributed by atoms with van der Waals surface area (Å²) in [5.41, 5.74) is 2.67. The van der Waals surface area contributed by atoms with Crippen molar-refractivity contribution in [1.29, 1.82) is 0 Å². The zero-order valence-corrected chi connectivity index (χ0v) is 9.31. The molecule has 2 unspecified atom stereocenters. The monoisotopic (exact) mass is 358 g/mol. The molecule has 0 fully saturated rings. The quantitative estimate of drug-likeness (QED) is 0.564. The molecule has 0 saturated heterocycles. The van der Waals surface area contributed by atoms with Crippen LogP contribution in [-0.2, 0) is 24.9 Å². The average molecular weight is 357 g/mol. The topological polar surface area (TPSA) is 86.4 Å². The van der Waals surface area contributed by atoms with E-state index in [0.29, 0.717) is 5.92 Å². The Morgan fingerprint density at radius 1 is 1.54 bits per heavy atom. The summed E-state index contributed by atoms with van der Waals surface area (Å²) in [5.74, 6) is 7.17. The summed E-state index contributed by atoms with van der Waals surface area (Å²) < 4.78 is 0. The van der Waals surface area contributed by atoms with E-state index < -0.39 is 0 Å². The number of carbonyl (C=O) groups is 1. The summed E-state index contributed by atoms with van der Waals surface area (Å²) in [5, 5.41) is 0. The maximum Gasteiger partial charge on any atom is 0.230 e. The van der Waals surface area contributed by atoms with Crippen LogP contribution in [0.2, 0.25) is 0 Å². The van der Waals surface area contributed by atoms with Gasteiger partial charge in [-0.1, -0.05) is 18.2 Å².